The van der Waals surface area contributed by atoms with Gasteiger partial charge in [0.25, 0.3) is 0 Å². The predicted molar refractivity (Wildman–Crippen MR) is 74.4 cm³/mol. The molecule has 1 aromatic rings. The Morgan fingerprint density at radius 2 is 2.00 bits per heavy atom. The molecule has 0 radical (unpaired) electrons. The molecule has 1 aromatic carbocycles. The normalized spacial score (nSPS) is 26.1. The fourth-order valence-electron chi connectivity index (χ4n) is 2.64. The van der Waals surface area contributed by atoms with Crippen LogP contribution in [0.15, 0.2) is 18.2 Å². The molecule has 0 bridgehead atoms. The standard InChI is InChI=1S/C15H20FNO3/c1-9-6-12(7-10(2)20-9)17-11-4-5-14(16)13(8-11)15(18)19-3/h4-5,8-10,12,17H,6-7H2,1-3H3. The Labute approximate surface area is 118 Å². The Morgan fingerprint density at radius 1 is 1.35 bits per heavy atom. The van der Waals surface area contributed by atoms with Crippen LogP contribution in [0.1, 0.15) is 37.0 Å². The minimum atomic E-state index is -0.667. The first-order chi connectivity index (χ1) is 9.49. The quantitative estimate of drug-likeness (QED) is 0.865. The first-order valence-electron chi connectivity index (χ1n) is 6.79. The van der Waals surface area contributed by atoms with Crippen molar-refractivity contribution in [2.75, 3.05) is 12.4 Å². The molecule has 1 saturated heterocycles. The van der Waals surface area contributed by atoms with Crippen LogP contribution >= 0.6 is 0 Å². The predicted octanol–water partition coefficient (Wildman–Crippen LogP) is 2.98. The number of methoxy groups -OCH3 is 1. The van der Waals surface area contributed by atoms with Gasteiger partial charge >= 0.3 is 5.97 Å². The van der Waals surface area contributed by atoms with Crippen LogP contribution in [-0.2, 0) is 9.47 Å². The summed E-state index contributed by atoms with van der Waals surface area (Å²) in [6.45, 7) is 4.07. The van der Waals surface area contributed by atoms with Crippen molar-refractivity contribution in [1.82, 2.24) is 0 Å². The van der Waals surface area contributed by atoms with Crippen LogP contribution in [-0.4, -0.2) is 31.3 Å². The second kappa shape index (κ2) is 6.22. The zero-order valence-electron chi connectivity index (χ0n) is 12.0. The zero-order valence-corrected chi connectivity index (χ0v) is 12.0. The van der Waals surface area contributed by atoms with Crippen molar-refractivity contribution in [1.29, 1.82) is 0 Å². The third kappa shape index (κ3) is 3.48. The third-order valence-corrected chi connectivity index (χ3v) is 3.44. The highest BCUT2D eigenvalue weighted by Gasteiger charge is 2.24. The van der Waals surface area contributed by atoms with Crippen molar-refractivity contribution < 1.29 is 18.7 Å². The van der Waals surface area contributed by atoms with Gasteiger partial charge < -0.3 is 14.8 Å². The molecule has 2 atom stereocenters. The van der Waals surface area contributed by atoms with E-state index in [0.717, 1.165) is 18.5 Å². The van der Waals surface area contributed by atoms with Crippen LogP contribution in [0, 0.1) is 5.82 Å². The molecule has 0 saturated carbocycles. The molecule has 0 spiro atoms. The van der Waals surface area contributed by atoms with Gasteiger partial charge in [-0.05, 0) is 44.9 Å². The molecule has 0 aliphatic carbocycles. The molecular weight excluding hydrogens is 261 g/mol. The van der Waals surface area contributed by atoms with Crippen LogP contribution in [0.25, 0.3) is 0 Å². The number of carbonyl (C=O) groups excluding carboxylic acids is 1. The number of hydrogen-bond donors (Lipinski definition) is 1. The van der Waals surface area contributed by atoms with Crippen molar-refractivity contribution in [2.45, 2.75) is 44.9 Å². The van der Waals surface area contributed by atoms with E-state index in [9.17, 15) is 9.18 Å². The molecule has 1 N–H and O–H groups in total. The summed E-state index contributed by atoms with van der Waals surface area (Å²) < 4.78 is 23.8. The van der Waals surface area contributed by atoms with E-state index in [2.05, 4.69) is 10.1 Å². The first kappa shape index (κ1) is 14.8. The molecule has 0 amide bonds. The van der Waals surface area contributed by atoms with Gasteiger partial charge in [0, 0.05) is 11.7 Å². The smallest absolute Gasteiger partial charge is 0.340 e. The second-order valence-corrected chi connectivity index (χ2v) is 5.26. The molecule has 5 heteroatoms. The highest BCUT2D eigenvalue weighted by atomic mass is 19.1. The lowest BCUT2D eigenvalue weighted by molar-refractivity contribution is -0.0337. The lowest BCUT2D eigenvalue weighted by atomic mass is 9.99. The van der Waals surface area contributed by atoms with Crippen molar-refractivity contribution >= 4 is 11.7 Å². The Morgan fingerprint density at radius 3 is 2.60 bits per heavy atom. The number of anilines is 1. The lowest BCUT2D eigenvalue weighted by Crippen LogP contribution is -2.36. The van der Waals surface area contributed by atoms with Gasteiger partial charge in [-0.1, -0.05) is 0 Å². The molecule has 110 valence electrons. The van der Waals surface area contributed by atoms with Crippen LogP contribution in [0.2, 0.25) is 0 Å². The van der Waals surface area contributed by atoms with Gasteiger partial charge in [0.2, 0.25) is 0 Å². The van der Waals surface area contributed by atoms with Gasteiger partial charge in [0.1, 0.15) is 5.82 Å². The minimum Gasteiger partial charge on any atom is -0.465 e. The molecule has 1 aliphatic heterocycles. The van der Waals surface area contributed by atoms with Crippen LogP contribution in [0.4, 0.5) is 10.1 Å². The van der Waals surface area contributed by atoms with Gasteiger partial charge in [-0.3, -0.25) is 0 Å². The Hall–Kier alpha value is -1.62. The number of halogens is 1. The fraction of sp³-hybridized carbons (Fsp3) is 0.533. The van der Waals surface area contributed by atoms with E-state index < -0.39 is 11.8 Å². The topological polar surface area (TPSA) is 47.6 Å². The van der Waals surface area contributed by atoms with E-state index in [1.54, 1.807) is 6.07 Å². The summed E-state index contributed by atoms with van der Waals surface area (Å²) in [6.07, 6.45) is 2.15. The average Bonchev–Trinajstić information content (AvgIpc) is 2.39. The highest BCUT2D eigenvalue weighted by molar-refractivity contribution is 5.90. The first-order valence-corrected chi connectivity index (χ1v) is 6.79. The summed E-state index contributed by atoms with van der Waals surface area (Å²) in [5.74, 6) is -1.24. The molecule has 2 rings (SSSR count). The van der Waals surface area contributed by atoms with Gasteiger partial charge in [0.05, 0.1) is 24.9 Å². The number of nitrogens with one attached hydrogen (secondary N) is 1. The van der Waals surface area contributed by atoms with Crippen molar-refractivity contribution in [3.8, 4) is 0 Å². The summed E-state index contributed by atoms with van der Waals surface area (Å²) in [7, 11) is 1.24. The van der Waals surface area contributed by atoms with E-state index in [0.29, 0.717) is 0 Å². The SMILES string of the molecule is COC(=O)c1cc(NC2CC(C)OC(C)C2)ccc1F. The summed E-state index contributed by atoms with van der Waals surface area (Å²) in [5.41, 5.74) is 0.670. The summed E-state index contributed by atoms with van der Waals surface area (Å²) in [4.78, 5) is 11.5. The molecule has 2 unspecified atom stereocenters. The van der Waals surface area contributed by atoms with Gasteiger partial charge in [-0.15, -0.1) is 0 Å². The fourth-order valence-corrected chi connectivity index (χ4v) is 2.64. The van der Waals surface area contributed by atoms with Crippen LogP contribution < -0.4 is 5.32 Å². The summed E-state index contributed by atoms with van der Waals surface area (Å²) in [6, 6.07) is 4.66. The summed E-state index contributed by atoms with van der Waals surface area (Å²) >= 11 is 0. The number of esters is 1. The van der Waals surface area contributed by atoms with Gasteiger partial charge in [-0.25, -0.2) is 9.18 Å². The maximum atomic E-state index is 13.6. The van der Waals surface area contributed by atoms with Crippen molar-refractivity contribution in [3.05, 3.63) is 29.6 Å². The Bertz CT molecular complexity index is 482. The molecule has 4 nitrogen and oxygen atoms in total. The van der Waals surface area contributed by atoms with Crippen LogP contribution in [0.5, 0.6) is 0 Å². The van der Waals surface area contributed by atoms with E-state index >= 15 is 0 Å². The van der Waals surface area contributed by atoms with E-state index in [-0.39, 0.29) is 23.8 Å². The molecule has 0 aromatic heterocycles. The second-order valence-electron chi connectivity index (χ2n) is 5.26. The maximum absolute atomic E-state index is 13.6. The molecular formula is C15H20FNO3. The minimum absolute atomic E-state index is 0.0503. The number of rotatable bonds is 3. The van der Waals surface area contributed by atoms with E-state index in [4.69, 9.17) is 4.74 Å². The van der Waals surface area contributed by atoms with Gasteiger partial charge in [0.15, 0.2) is 0 Å². The molecule has 1 fully saturated rings. The van der Waals surface area contributed by atoms with Crippen LogP contribution in [0.3, 0.4) is 0 Å². The molecule has 20 heavy (non-hydrogen) atoms. The molecule has 1 aliphatic rings. The van der Waals surface area contributed by atoms with Crippen molar-refractivity contribution in [3.63, 3.8) is 0 Å². The number of ether oxygens (including phenoxy) is 2. The number of carbonyl (C=O) groups is 1. The van der Waals surface area contributed by atoms with E-state index in [1.165, 1.54) is 19.2 Å². The largest absolute Gasteiger partial charge is 0.465 e. The van der Waals surface area contributed by atoms with E-state index in [1.807, 2.05) is 13.8 Å². The lowest BCUT2D eigenvalue weighted by Gasteiger charge is -2.33. The Kier molecular flexibility index (Phi) is 4.60. The monoisotopic (exact) mass is 281 g/mol. The number of benzene rings is 1. The third-order valence-electron chi connectivity index (χ3n) is 3.44. The Balaban J connectivity index is 2.11. The maximum Gasteiger partial charge on any atom is 0.340 e. The number of hydrogen-bond acceptors (Lipinski definition) is 4. The summed E-state index contributed by atoms with van der Waals surface area (Å²) in [5, 5.41) is 3.33. The molecule has 1 heterocycles. The van der Waals surface area contributed by atoms with Gasteiger partial charge in [-0.2, -0.15) is 0 Å². The zero-order chi connectivity index (χ0) is 14.7. The highest BCUT2D eigenvalue weighted by Crippen LogP contribution is 2.24. The average molecular weight is 281 g/mol. The van der Waals surface area contributed by atoms with Crippen molar-refractivity contribution in [2.24, 2.45) is 0 Å².